The van der Waals surface area contributed by atoms with Crippen molar-refractivity contribution in [1.29, 1.82) is 0 Å². The van der Waals surface area contributed by atoms with Crippen molar-refractivity contribution in [3.05, 3.63) is 42.9 Å². The van der Waals surface area contributed by atoms with Crippen LogP contribution in [-0.4, -0.2) is 9.97 Å². The van der Waals surface area contributed by atoms with Gasteiger partial charge in [-0.05, 0) is 12.1 Å². The number of nitrogens with one attached hydrogen (secondary N) is 1. The van der Waals surface area contributed by atoms with Gasteiger partial charge in [-0.15, -0.1) is 0 Å². The van der Waals surface area contributed by atoms with Crippen molar-refractivity contribution in [3.63, 3.8) is 0 Å². The molecule has 14 heavy (non-hydrogen) atoms. The van der Waals surface area contributed by atoms with E-state index in [1.165, 1.54) is 6.33 Å². The molecular weight excluding hydrogens is 176 g/mol. The molecule has 4 nitrogen and oxygen atoms in total. The second-order valence-corrected chi connectivity index (χ2v) is 2.82. The zero-order valence-corrected chi connectivity index (χ0v) is 7.51. The van der Waals surface area contributed by atoms with Gasteiger partial charge in [0, 0.05) is 5.69 Å². The lowest BCUT2D eigenvalue weighted by Crippen LogP contribution is -1.99. The van der Waals surface area contributed by atoms with Crippen LogP contribution in [0.4, 0.5) is 17.2 Å². The van der Waals surface area contributed by atoms with Gasteiger partial charge in [-0.2, -0.15) is 0 Å². The molecule has 2 aromatic rings. The molecule has 0 spiro atoms. The summed E-state index contributed by atoms with van der Waals surface area (Å²) in [7, 11) is 0. The van der Waals surface area contributed by atoms with Gasteiger partial charge in [-0.25, -0.2) is 9.97 Å². The van der Waals surface area contributed by atoms with Crippen LogP contribution >= 0.6 is 0 Å². The van der Waals surface area contributed by atoms with Gasteiger partial charge in [-0.1, -0.05) is 18.2 Å². The molecule has 1 aromatic carbocycles. The maximum Gasteiger partial charge on any atom is 0.157 e. The lowest BCUT2D eigenvalue weighted by Gasteiger charge is -2.06. The number of nitrogens with zero attached hydrogens (tertiary/aromatic N) is 2. The van der Waals surface area contributed by atoms with Crippen molar-refractivity contribution in [2.45, 2.75) is 0 Å². The fourth-order valence-corrected chi connectivity index (χ4v) is 1.10. The van der Waals surface area contributed by atoms with Crippen molar-refractivity contribution in [3.8, 4) is 0 Å². The van der Waals surface area contributed by atoms with Crippen molar-refractivity contribution in [2.75, 3.05) is 11.1 Å². The first kappa shape index (κ1) is 8.50. The van der Waals surface area contributed by atoms with Gasteiger partial charge in [0.15, 0.2) is 5.82 Å². The van der Waals surface area contributed by atoms with E-state index >= 15 is 0 Å². The molecule has 0 bridgehead atoms. The molecule has 70 valence electrons. The number of para-hydroxylation sites is 1. The smallest absolute Gasteiger partial charge is 0.157 e. The Balaban J connectivity index is 2.24. The number of hydrogen-bond acceptors (Lipinski definition) is 4. The quantitative estimate of drug-likeness (QED) is 0.750. The highest BCUT2D eigenvalue weighted by atomic mass is 15.0. The van der Waals surface area contributed by atoms with Crippen LogP contribution < -0.4 is 11.1 Å². The Kier molecular flexibility index (Phi) is 2.27. The Labute approximate surface area is 81.8 Å². The van der Waals surface area contributed by atoms with E-state index in [0.29, 0.717) is 11.5 Å². The Morgan fingerprint density at radius 2 is 1.93 bits per heavy atom. The number of hydrogen-bond donors (Lipinski definition) is 2. The minimum absolute atomic E-state index is 0.538. The average Bonchev–Trinajstić information content (AvgIpc) is 2.23. The van der Waals surface area contributed by atoms with E-state index in [4.69, 9.17) is 5.73 Å². The van der Waals surface area contributed by atoms with Crippen molar-refractivity contribution < 1.29 is 0 Å². The van der Waals surface area contributed by atoms with Crippen LogP contribution in [0.15, 0.2) is 42.9 Å². The van der Waals surface area contributed by atoms with E-state index in [2.05, 4.69) is 15.3 Å². The number of rotatable bonds is 2. The van der Waals surface area contributed by atoms with Crippen LogP contribution in [0.2, 0.25) is 0 Å². The molecular formula is C10H10N4. The van der Waals surface area contributed by atoms with Crippen LogP contribution in [0.1, 0.15) is 0 Å². The van der Waals surface area contributed by atoms with Crippen molar-refractivity contribution >= 4 is 17.2 Å². The van der Waals surface area contributed by atoms with Crippen LogP contribution in [0, 0.1) is 0 Å². The van der Waals surface area contributed by atoms with Crippen LogP contribution in [0.5, 0.6) is 0 Å². The fraction of sp³-hybridized carbons (Fsp3) is 0. The number of nitrogen functional groups attached to an aromatic ring is 1. The Hall–Kier alpha value is -2.10. The van der Waals surface area contributed by atoms with Crippen molar-refractivity contribution in [2.24, 2.45) is 0 Å². The van der Waals surface area contributed by atoms with E-state index in [-0.39, 0.29) is 0 Å². The van der Waals surface area contributed by atoms with E-state index in [1.807, 2.05) is 30.3 Å². The van der Waals surface area contributed by atoms with Gasteiger partial charge >= 0.3 is 0 Å². The number of benzene rings is 1. The minimum Gasteiger partial charge on any atom is -0.394 e. The summed E-state index contributed by atoms with van der Waals surface area (Å²) in [4.78, 5) is 7.84. The predicted molar refractivity (Wildman–Crippen MR) is 56.2 cm³/mol. The summed E-state index contributed by atoms with van der Waals surface area (Å²) in [5, 5.41) is 3.10. The normalized spacial score (nSPS) is 9.71. The third-order valence-corrected chi connectivity index (χ3v) is 1.78. The van der Waals surface area contributed by atoms with Crippen molar-refractivity contribution in [1.82, 2.24) is 9.97 Å². The summed E-state index contributed by atoms with van der Waals surface area (Å²) in [6.45, 7) is 0. The molecule has 0 atom stereocenters. The first-order valence-electron chi connectivity index (χ1n) is 4.24. The summed E-state index contributed by atoms with van der Waals surface area (Å²) in [6.07, 6.45) is 3.03. The van der Waals surface area contributed by atoms with Crippen LogP contribution in [-0.2, 0) is 0 Å². The molecule has 1 heterocycles. The third kappa shape index (κ3) is 1.80. The molecule has 1 aromatic heterocycles. The molecule has 0 aliphatic heterocycles. The molecule has 4 heteroatoms. The zero-order chi connectivity index (χ0) is 9.80. The van der Waals surface area contributed by atoms with E-state index in [9.17, 15) is 0 Å². The fourth-order valence-electron chi connectivity index (χ4n) is 1.10. The Bertz CT molecular complexity index is 413. The highest BCUT2D eigenvalue weighted by molar-refractivity contribution is 5.67. The molecule has 0 unspecified atom stereocenters. The monoisotopic (exact) mass is 186 g/mol. The maximum absolute atomic E-state index is 5.68. The van der Waals surface area contributed by atoms with Crippen LogP contribution in [0.25, 0.3) is 0 Å². The first-order valence-corrected chi connectivity index (χ1v) is 4.24. The predicted octanol–water partition coefficient (Wildman–Crippen LogP) is 1.80. The molecule has 2 rings (SSSR count). The van der Waals surface area contributed by atoms with Gasteiger partial charge in [-0.3, -0.25) is 0 Å². The number of anilines is 3. The zero-order valence-electron chi connectivity index (χ0n) is 7.51. The maximum atomic E-state index is 5.68. The highest BCUT2D eigenvalue weighted by Crippen LogP contribution is 2.17. The second-order valence-electron chi connectivity index (χ2n) is 2.82. The van der Waals surface area contributed by atoms with E-state index in [0.717, 1.165) is 5.69 Å². The summed E-state index contributed by atoms with van der Waals surface area (Å²) >= 11 is 0. The topological polar surface area (TPSA) is 63.8 Å². The largest absolute Gasteiger partial charge is 0.394 e. The van der Waals surface area contributed by atoms with Gasteiger partial charge < -0.3 is 11.1 Å². The second kappa shape index (κ2) is 3.74. The standard InChI is InChI=1S/C10H10N4/c11-9-6-12-7-13-10(9)14-8-4-2-1-3-5-8/h1-7H,11H2,(H,12,13,14). The third-order valence-electron chi connectivity index (χ3n) is 1.78. The van der Waals surface area contributed by atoms with Gasteiger partial charge in [0.25, 0.3) is 0 Å². The van der Waals surface area contributed by atoms with Gasteiger partial charge in [0.2, 0.25) is 0 Å². The molecule has 0 aliphatic rings. The number of nitrogens with two attached hydrogens (primary N) is 1. The Morgan fingerprint density at radius 3 is 2.64 bits per heavy atom. The molecule has 0 saturated heterocycles. The molecule has 3 N–H and O–H groups in total. The molecule has 0 amide bonds. The number of aromatic nitrogens is 2. The summed E-state index contributed by atoms with van der Waals surface area (Å²) in [6, 6.07) is 9.73. The van der Waals surface area contributed by atoms with Crippen LogP contribution in [0.3, 0.4) is 0 Å². The summed E-state index contributed by atoms with van der Waals surface area (Å²) in [5.41, 5.74) is 7.18. The molecule has 0 aliphatic carbocycles. The highest BCUT2D eigenvalue weighted by Gasteiger charge is 1.98. The summed E-state index contributed by atoms with van der Waals surface area (Å²) in [5.74, 6) is 0.631. The minimum atomic E-state index is 0.538. The lowest BCUT2D eigenvalue weighted by molar-refractivity contribution is 1.17. The molecule has 0 saturated carbocycles. The van der Waals surface area contributed by atoms with Gasteiger partial charge in [0.05, 0.1) is 11.9 Å². The molecule has 0 fully saturated rings. The SMILES string of the molecule is Nc1cncnc1Nc1ccccc1. The summed E-state index contributed by atoms with van der Waals surface area (Å²) < 4.78 is 0. The Morgan fingerprint density at radius 1 is 1.14 bits per heavy atom. The van der Waals surface area contributed by atoms with E-state index < -0.39 is 0 Å². The first-order chi connectivity index (χ1) is 6.86. The lowest BCUT2D eigenvalue weighted by atomic mass is 10.3. The van der Waals surface area contributed by atoms with Gasteiger partial charge in [0.1, 0.15) is 6.33 Å². The molecule has 0 radical (unpaired) electrons. The average molecular weight is 186 g/mol. The van der Waals surface area contributed by atoms with E-state index in [1.54, 1.807) is 6.20 Å².